The van der Waals surface area contributed by atoms with Gasteiger partial charge in [-0.1, -0.05) is 31.2 Å². The number of rotatable bonds is 11. The van der Waals surface area contributed by atoms with Gasteiger partial charge >= 0.3 is 0 Å². The molecule has 0 saturated heterocycles. The van der Waals surface area contributed by atoms with E-state index in [0.717, 1.165) is 29.0 Å². The first kappa shape index (κ1) is 28.7. The van der Waals surface area contributed by atoms with E-state index >= 15 is 0 Å². The van der Waals surface area contributed by atoms with Crippen LogP contribution in [0.1, 0.15) is 57.8 Å². The fourth-order valence-corrected chi connectivity index (χ4v) is 3.01. The van der Waals surface area contributed by atoms with Crippen molar-refractivity contribution < 1.29 is 14.6 Å². The zero-order valence-electron chi connectivity index (χ0n) is 19.9. The lowest BCUT2D eigenvalue weighted by Gasteiger charge is -2.16. The smallest absolute Gasteiger partial charge is 0.224 e. The number of hydrogen-bond acceptors (Lipinski definition) is 4. The van der Waals surface area contributed by atoms with Gasteiger partial charge < -0.3 is 25.8 Å². The number of aliphatic imine (C=N–C) groups is 1. The molecule has 2 aromatic carbocycles. The number of carbonyl (C=O) groups is 1. The molecule has 0 bridgehead atoms. The maximum atomic E-state index is 11.7. The van der Waals surface area contributed by atoms with Crippen LogP contribution >= 0.6 is 24.0 Å². The molecule has 0 fully saturated rings. The van der Waals surface area contributed by atoms with Gasteiger partial charge in [0.25, 0.3) is 0 Å². The summed E-state index contributed by atoms with van der Waals surface area (Å²) in [5.74, 6) is 1.44. The number of ether oxygens (including phenoxy) is 1. The molecule has 8 heteroatoms. The second kappa shape index (κ2) is 15.5. The highest BCUT2D eigenvalue weighted by Crippen LogP contribution is 2.18. The standard InChI is InChI=1S/C25H36N4O3.HI/c1-5-7-24(31)29-21-12-8-19(9-13-21)16-27-25(26-6-2)28-17-23(30)20-10-14-22(15-11-20)32-18(3)4;/h8-15,18,23,30H,5-7,16-17H2,1-4H3,(H,29,31)(H2,26,27,28);1H. The average Bonchev–Trinajstić information content (AvgIpc) is 2.76. The number of nitrogens with zero attached hydrogens (tertiary/aromatic N) is 1. The summed E-state index contributed by atoms with van der Waals surface area (Å²) in [7, 11) is 0. The minimum absolute atomic E-state index is 0. The summed E-state index contributed by atoms with van der Waals surface area (Å²) in [5, 5.41) is 19.8. The Morgan fingerprint density at radius 3 is 2.27 bits per heavy atom. The molecule has 0 aliphatic heterocycles. The largest absolute Gasteiger partial charge is 0.491 e. The average molecular weight is 569 g/mol. The van der Waals surface area contributed by atoms with Gasteiger partial charge in [-0.2, -0.15) is 0 Å². The lowest BCUT2D eigenvalue weighted by atomic mass is 10.1. The van der Waals surface area contributed by atoms with E-state index in [9.17, 15) is 9.90 Å². The van der Waals surface area contributed by atoms with Gasteiger partial charge in [0.15, 0.2) is 5.96 Å². The molecule has 0 aliphatic carbocycles. The topological polar surface area (TPSA) is 95.0 Å². The van der Waals surface area contributed by atoms with E-state index in [-0.39, 0.29) is 36.0 Å². The summed E-state index contributed by atoms with van der Waals surface area (Å²) in [6.07, 6.45) is 0.789. The third kappa shape index (κ3) is 10.9. The fraction of sp³-hybridized carbons (Fsp3) is 0.440. The Bertz CT molecular complexity index is 855. The molecule has 182 valence electrons. The molecule has 2 rings (SSSR count). The van der Waals surface area contributed by atoms with Crippen LogP contribution in [0.5, 0.6) is 5.75 Å². The number of halogens is 1. The van der Waals surface area contributed by atoms with Gasteiger partial charge in [-0.05, 0) is 62.6 Å². The summed E-state index contributed by atoms with van der Waals surface area (Å²) < 4.78 is 5.64. The molecule has 1 amide bonds. The van der Waals surface area contributed by atoms with E-state index in [1.807, 2.05) is 76.2 Å². The number of carbonyl (C=O) groups excluding carboxylic acids is 1. The Kier molecular flexibility index (Phi) is 13.5. The Labute approximate surface area is 214 Å². The third-order valence-electron chi connectivity index (χ3n) is 4.58. The summed E-state index contributed by atoms with van der Waals surface area (Å²) >= 11 is 0. The maximum Gasteiger partial charge on any atom is 0.224 e. The predicted molar refractivity (Wildman–Crippen MR) is 145 cm³/mol. The van der Waals surface area contributed by atoms with Crippen molar-refractivity contribution in [3.63, 3.8) is 0 Å². The molecule has 1 atom stereocenters. The van der Waals surface area contributed by atoms with Crippen molar-refractivity contribution in [3.8, 4) is 5.75 Å². The first-order valence-electron chi connectivity index (χ1n) is 11.3. The van der Waals surface area contributed by atoms with Gasteiger partial charge in [0, 0.05) is 25.2 Å². The number of amides is 1. The van der Waals surface area contributed by atoms with Crippen LogP contribution in [0.15, 0.2) is 53.5 Å². The summed E-state index contributed by atoms with van der Waals surface area (Å²) in [6.45, 7) is 9.46. The van der Waals surface area contributed by atoms with E-state index in [1.54, 1.807) is 0 Å². The second-order valence-corrected chi connectivity index (χ2v) is 7.82. The van der Waals surface area contributed by atoms with Crippen LogP contribution in [0.2, 0.25) is 0 Å². The van der Waals surface area contributed by atoms with Crippen LogP contribution in [0, 0.1) is 0 Å². The molecule has 0 saturated carbocycles. The molecular formula is C25H37IN4O3. The van der Waals surface area contributed by atoms with Gasteiger partial charge in [-0.3, -0.25) is 4.79 Å². The third-order valence-corrected chi connectivity index (χ3v) is 4.58. The Balaban J connectivity index is 0.00000544. The first-order chi connectivity index (χ1) is 15.4. The zero-order valence-corrected chi connectivity index (χ0v) is 22.3. The van der Waals surface area contributed by atoms with Gasteiger partial charge in [0.05, 0.1) is 18.8 Å². The Morgan fingerprint density at radius 1 is 1.03 bits per heavy atom. The van der Waals surface area contributed by atoms with Crippen molar-refractivity contribution in [2.24, 2.45) is 4.99 Å². The highest BCUT2D eigenvalue weighted by atomic mass is 127. The Hall–Kier alpha value is -2.33. The van der Waals surface area contributed by atoms with E-state index < -0.39 is 6.10 Å². The van der Waals surface area contributed by atoms with Crippen LogP contribution in [-0.2, 0) is 11.3 Å². The number of aliphatic hydroxyl groups excluding tert-OH is 1. The van der Waals surface area contributed by atoms with Crippen LogP contribution in [0.4, 0.5) is 5.69 Å². The highest BCUT2D eigenvalue weighted by Gasteiger charge is 2.09. The van der Waals surface area contributed by atoms with E-state index in [1.165, 1.54) is 0 Å². The zero-order chi connectivity index (χ0) is 23.3. The van der Waals surface area contributed by atoms with E-state index in [0.29, 0.717) is 32.0 Å². The number of guanidine groups is 1. The van der Waals surface area contributed by atoms with Crippen molar-refractivity contribution in [2.75, 3.05) is 18.4 Å². The highest BCUT2D eigenvalue weighted by molar-refractivity contribution is 14.0. The summed E-state index contributed by atoms with van der Waals surface area (Å²) in [4.78, 5) is 16.3. The molecule has 7 nitrogen and oxygen atoms in total. The molecule has 0 aromatic heterocycles. The number of hydrogen-bond donors (Lipinski definition) is 4. The molecule has 0 radical (unpaired) electrons. The van der Waals surface area contributed by atoms with Gasteiger partial charge in [-0.25, -0.2) is 4.99 Å². The quantitative estimate of drug-likeness (QED) is 0.180. The number of aliphatic hydroxyl groups is 1. The van der Waals surface area contributed by atoms with Crippen LogP contribution in [0.25, 0.3) is 0 Å². The van der Waals surface area contributed by atoms with Crippen molar-refractivity contribution in [1.82, 2.24) is 10.6 Å². The SMILES string of the molecule is CCCC(=O)Nc1ccc(CN=C(NCC)NCC(O)c2ccc(OC(C)C)cc2)cc1.I. The van der Waals surface area contributed by atoms with Crippen molar-refractivity contribution in [3.05, 3.63) is 59.7 Å². The molecule has 0 spiro atoms. The van der Waals surface area contributed by atoms with Gasteiger partial charge in [0.2, 0.25) is 5.91 Å². The number of anilines is 1. The normalized spacial score (nSPS) is 12.0. The Morgan fingerprint density at radius 2 is 1.70 bits per heavy atom. The second-order valence-electron chi connectivity index (χ2n) is 7.82. The molecule has 4 N–H and O–H groups in total. The molecule has 33 heavy (non-hydrogen) atoms. The van der Waals surface area contributed by atoms with Gasteiger partial charge in [-0.15, -0.1) is 24.0 Å². The predicted octanol–water partition coefficient (Wildman–Crippen LogP) is 4.62. The van der Waals surface area contributed by atoms with Gasteiger partial charge in [0.1, 0.15) is 5.75 Å². The fourth-order valence-electron chi connectivity index (χ4n) is 3.01. The number of benzene rings is 2. The lowest BCUT2D eigenvalue weighted by Crippen LogP contribution is -2.39. The molecule has 1 unspecified atom stereocenters. The summed E-state index contributed by atoms with van der Waals surface area (Å²) in [6, 6.07) is 15.1. The summed E-state index contributed by atoms with van der Waals surface area (Å²) in [5.41, 5.74) is 2.62. The van der Waals surface area contributed by atoms with E-state index in [4.69, 9.17) is 4.74 Å². The van der Waals surface area contributed by atoms with Crippen molar-refractivity contribution >= 4 is 41.5 Å². The minimum Gasteiger partial charge on any atom is -0.491 e. The lowest BCUT2D eigenvalue weighted by molar-refractivity contribution is -0.116. The maximum absolute atomic E-state index is 11.7. The van der Waals surface area contributed by atoms with Crippen molar-refractivity contribution in [1.29, 1.82) is 0 Å². The van der Waals surface area contributed by atoms with Crippen LogP contribution < -0.4 is 20.7 Å². The molecule has 0 aliphatic rings. The monoisotopic (exact) mass is 568 g/mol. The van der Waals surface area contributed by atoms with Crippen molar-refractivity contribution in [2.45, 2.75) is 59.3 Å². The molecular weight excluding hydrogens is 531 g/mol. The number of nitrogens with one attached hydrogen (secondary N) is 3. The first-order valence-corrected chi connectivity index (χ1v) is 11.3. The van der Waals surface area contributed by atoms with Crippen LogP contribution in [0.3, 0.4) is 0 Å². The minimum atomic E-state index is -0.669. The molecule has 2 aromatic rings. The van der Waals surface area contributed by atoms with E-state index in [2.05, 4.69) is 20.9 Å². The van der Waals surface area contributed by atoms with Crippen LogP contribution in [-0.4, -0.2) is 36.2 Å². The molecule has 0 heterocycles.